The highest BCUT2D eigenvalue weighted by Gasteiger charge is 2.13. The van der Waals surface area contributed by atoms with Crippen molar-refractivity contribution in [2.75, 3.05) is 13.2 Å². The second kappa shape index (κ2) is 7.50. The predicted octanol–water partition coefficient (Wildman–Crippen LogP) is 4.01. The quantitative estimate of drug-likeness (QED) is 0.597. The van der Waals surface area contributed by atoms with Crippen molar-refractivity contribution in [1.29, 1.82) is 0 Å². The minimum atomic E-state index is -0.423. The molecule has 0 aromatic heterocycles. The Morgan fingerprint density at radius 2 is 1.59 bits per heavy atom. The van der Waals surface area contributed by atoms with Gasteiger partial charge in [0, 0.05) is 0 Å². The van der Waals surface area contributed by atoms with Crippen LogP contribution in [0.5, 0.6) is 17.2 Å². The molecule has 0 aliphatic rings. The van der Waals surface area contributed by atoms with Gasteiger partial charge >= 0.3 is 5.97 Å². The minimum Gasteiger partial charge on any atom is -0.494 e. The Morgan fingerprint density at radius 3 is 2.23 bits per heavy atom. The van der Waals surface area contributed by atoms with Crippen LogP contribution in [0.4, 0.5) is 0 Å². The maximum atomic E-state index is 12.2. The fourth-order valence-electron chi connectivity index (χ4n) is 1.98. The van der Waals surface area contributed by atoms with E-state index in [2.05, 4.69) is 0 Å². The van der Waals surface area contributed by atoms with E-state index in [1.165, 1.54) is 0 Å². The van der Waals surface area contributed by atoms with Gasteiger partial charge in [0.15, 0.2) is 11.5 Å². The molecule has 0 amide bonds. The molecule has 0 N–H and O–H groups in total. The highest BCUT2D eigenvalue weighted by Crippen LogP contribution is 2.29. The van der Waals surface area contributed by atoms with Crippen molar-refractivity contribution in [3.05, 3.63) is 53.6 Å². The first-order chi connectivity index (χ1) is 10.6. The smallest absolute Gasteiger partial charge is 0.343 e. The molecule has 0 spiro atoms. The lowest BCUT2D eigenvalue weighted by Gasteiger charge is -2.11. The Morgan fingerprint density at radius 1 is 0.909 bits per heavy atom. The lowest BCUT2D eigenvalue weighted by atomic mass is 10.2. The number of hydrogen-bond donors (Lipinski definition) is 0. The zero-order valence-corrected chi connectivity index (χ0v) is 13.1. The molecule has 0 aliphatic carbocycles. The molecular formula is C18H20O4. The average molecular weight is 300 g/mol. The molecule has 0 heterocycles. The molecule has 0 radical (unpaired) electrons. The highest BCUT2D eigenvalue weighted by molar-refractivity contribution is 5.91. The summed E-state index contributed by atoms with van der Waals surface area (Å²) in [6.45, 7) is 6.86. The molecule has 22 heavy (non-hydrogen) atoms. The van der Waals surface area contributed by atoms with Gasteiger partial charge in [0.1, 0.15) is 5.75 Å². The van der Waals surface area contributed by atoms with E-state index in [1.54, 1.807) is 30.3 Å². The van der Waals surface area contributed by atoms with Crippen molar-refractivity contribution in [2.24, 2.45) is 0 Å². The number of ether oxygens (including phenoxy) is 3. The summed E-state index contributed by atoms with van der Waals surface area (Å²) in [5.74, 6) is 1.30. The predicted molar refractivity (Wildman–Crippen MR) is 84.9 cm³/mol. The van der Waals surface area contributed by atoms with E-state index >= 15 is 0 Å². The minimum absolute atomic E-state index is 0.423. The van der Waals surface area contributed by atoms with E-state index in [-0.39, 0.29) is 0 Å². The van der Waals surface area contributed by atoms with Gasteiger partial charge in [-0.1, -0.05) is 6.07 Å². The van der Waals surface area contributed by atoms with Crippen molar-refractivity contribution >= 4 is 5.97 Å². The average Bonchev–Trinajstić information content (AvgIpc) is 2.51. The largest absolute Gasteiger partial charge is 0.494 e. The summed E-state index contributed by atoms with van der Waals surface area (Å²) in [7, 11) is 0. The molecular weight excluding hydrogens is 280 g/mol. The third-order valence-corrected chi connectivity index (χ3v) is 3.00. The van der Waals surface area contributed by atoms with Gasteiger partial charge in [-0.05, 0) is 62.7 Å². The van der Waals surface area contributed by atoms with Gasteiger partial charge in [-0.2, -0.15) is 0 Å². The fourth-order valence-corrected chi connectivity index (χ4v) is 1.98. The molecule has 4 heteroatoms. The molecule has 0 saturated carbocycles. The van der Waals surface area contributed by atoms with Crippen LogP contribution in [0, 0.1) is 6.92 Å². The number of benzene rings is 2. The standard InChI is InChI=1S/C18H20O4/c1-4-20-15-9-7-14(8-10-15)18(19)22-16-11-6-13(3)12-17(16)21-5-2/h6-12H,4-5H2,1-3H3. The number of carbonyl (C=O) groups is 1. The Balaban J connectivity index is 2.14. The molecule has 0 fully saturated rings. The zero-order chi connectivity index (χ0) is 15.9. The van der Waals surface area contributed by atoms with Crippen LogP contribution in [0.1, 0.15) is 29.8 Å². The molecule has 4 nitrogen and oxygen atoms in total. The van der Waals surface area contributed by atoms with Gasteiger partial charge in [0.2, 0.25) is 0 Å². The van der Waals surface area contributed by atoms with Crippen LogP contribution < -0.4 is 14.2 Å². The third-order valence-electron chi connectivity index (χ3n) is 3.00. The molecule has 2 rings (SSSR count). The Kier molecular flexibility index (Phi) is 5.42. The summed E-state index contributed by atoms with van der Waals surface area (Å²) in [4.78, 5) is 12.2. The number of aryl methyl sites for hydroxylation is 1. The van der Waals surface area contributed by atoms with Gasteiger partial charge in [-0.3, -0.25) is 0 Å². The van der Waals surface area contributed by atoms with Gasteiger partial charge in [-0.15, -0.1) is 0 Å². The van der Waals surface area contributed by atoms with E-state index in [9.17, 15) is 4.79 Å². The van der Waals surface area contributed by atoms with Crippen LogP contribution in [-0.4, -0.2) is 19.2 Å². The molecule has 2 aromatic carbocycles. The topological polar surface area (TPSA) is 44.8 Å². The number of rotatable bonds is 6. The van der Waals surface area contributed by atoms with E-state index < -0.39 is 5.97 Å². The first-order valence-corrected chi connectivity index (χ1v) is 7.32. The van der Waals surface area contributed by atoms with Crippen LogP contribution in [-0.2, 0) is 0 Å². The first-order valence-electron chi connectivity index (χ1n) is 7.32. The molecule has 0 atom stereocenters. The van der Waals surface area contributed by atoms with Crippen molar-refractivity contribution in [1.82, 2.24) is 0 Å². The third kappa shape index (κ3) is 4.01. The molecule has 0 bridgehead atoms. The van der Waals surface area contributed by atoms with Crippen LogP contribution in [0.25, 0.3) is 0 Å². The molecule has 2 aromatic rings. The Hall–Kier alpha value is -2.49. The Labute approximate surface area is 130 Å². The van der Waals surface area contributed by atoms with Crippen LogP contribution in [0.15, 0.2) is 42.5 Å². The first kappa shape index (κ1) is 15.9. The Bertz CT molecular complexity index is 632. The van der Waals surface area contributed by atoms with E-state index in [0.29, 0.717) is 30.3 Å². The second-order valence-electron chi connectivity index (χ2n) is 4.73. The van der Waals surface area contributed by atoms with Gasteiger partial charge in [-0.25, -0.2) is 4.79 Å². The van der Waals surface area contributed by atoms with Crippen molar-refractivity contribution in [3.63, 3.8) is 0 Å². The van der Waals surface area contributed by atoms with Crippen LogP contribution >= 0.6 is 0 Å². The second-order valence-corrected chi connectivity index (χ2v) is 4.73. The van der Waals surface area contributed by atoms with Crippen molar-refractivity contribution < 1.29 is 19.0 Å². The number of hydrogen-bond acceptors (Lipinski definition) is 4. The summed E-state index contributed by atoms with van der Waals surface area (Å²) in [5.41, 5.74) is 1.51. The highest BCUT2D eigenvalue weighted by atomic mass is 16.6. The van der Waals surface area contributed by atoms with Gasteiger partial charge in [0.25, 0.3) is 0 Å². The SMILES string of the molecule is CCOc1ccc(C(=O)Oc2ccc(C)cc2OCC)cc1. The summed E-state index contributed by atoms with van der Waals surface area (Å²) in [6, 6.07) is 12.3. The maximum absolute atomic E-state index is 12.2. The maximum Gasteiger partial charge on any atom is 0.343 e. The van der Waals surface area contributed by atoms with Crippen LogP contribution in [0.3, 0.4) is 0 Å². The van der Waals surface area contributed by atoms with E-state index in [4.69, 9.17) is 14.2 Å². The molecule has 116 valence electrons. The summed E-state index contributed by atoms with van der Waals surface area (Å²) in [5, 5.41) is 0. The summed E-state index contributed by atoms with van der Waals surface area (Å²) < 4.78 is 16.3. The van der Waals surface area contributed by atoms with Crippen molar-refractivity contribution in [2.45, 2.75) is 20.8 Å². The monoisotopic (exact) mass is 300 g/mol. The molecule has 0 aliphatic heterocycles. The van der Waals surface area contributed by atoms with Gasteiger partial charge < -0.3 is 14.2 Å². The van der Waals surface area contributed by atoms with Crippen LogP contribution in [0.2, 0.25) is 0 Å². The van der Waals surface area contributed by atoms with E-state index in [1.807, 2.05) is 32.9 Å². The van der Waals surface area contributed by atoms with Gasteiger partial charge in [0.05, 0.1) is 18.8 Å². The van der Waals surface area contributed by atoms with Crippen molar-refractivity contribution in [3.8, 4) is 17.2 Å². The summed E-state index contributed by atoms with van der Waals surface area (Å²) >= 11 is 0. The zero-order valence-electron chi connectivity index (χ0n) is 13.1. The number of carbonyl (C=O) groups excluding carboxylic acids is 1. The molecule has 0 saturated heterocycles. The fraction of sp³-hybridized carbons (Fsp3) is 0.278. The normalized spacial score (nSPS) is 10.1. The van der Waals surface area contributed by atoms with E-state index in [0.717, 1.165) is 11.3 Å². The molecule has 0 unspecified atom stereocenters. The lowest BCUT2D eigenvalue weighted by Crippen LogP contribution is -2.09. The lowest BCUT2D eigenvalue weighted by molar-refractivity contribution is 0.0728. The number of esters is 1. The summed E-state index contributed by atoms with van der Waals surface area (Å²) in [6.07, 6.45) is 0.